The number of phosphoric acid groups is 1. The fourth-order valence-corrected chi connectivity index (χ4v) is 0. The molecule has 0 amide bonds. The fourth-order valence-electron chi connectivity index (χ4n) is 0. The number of rotatable bonds is 1. The summed E-state index contributed by atoms with van der Waals surface area (Å²) in [5.41, 5.74) is 0. The van der Waals surface area contributed by atoms with Gasteiger partial charge in [0.05, 0.1) is 0 Å². The summed E-state index contributed by atoms with van der Waals surface area (Å²) in [6, 6.07) is 0. The van der Waals surface area contributed by atoms with Crippen molar-refractivity contribution in [3.8, 4) is 0 Å². The van der Waals surface area contributed by atoms with Gasteiger partial charge >= 0.3 is 140 Å². The molecule has 0 saturated heterocycles. The maximum atomic E-state index is 10.2. The summed E-state index contributed by atoms with van der Waals surface area (Å²) < 4.78 is 21.4. The third-order valence-electron chi connectivity index (χ3n) is 0.0899. The summed E-state index contributed by atoms with van der Waals surface area (Å²) >= 11 is 0. The maximum absolute atomic E-state index is 10.2. The summed E-state index contributed by atoms with van der Waals surface area (Å²) in [6.07, 6.45) is 0. The van der Waals surface area contributed by atoms with E-state index < -0.39 is 7.82 Å². The third-order valence-corrected chi connectivity index (χ3v) is 0.270. The number of halogens is 1. The molecule has 2 N–H and O–H groups in total. The minimum absolute atomic E-state index is 0. The Morgan fingerprint density at radius 1 is 1.56 bits per heavy atom. The van der Waals surface area contributed by atoms with E-state index in [0.29, 0.717) is 0 Å². The van der Waals surface area contributed by atoms with E-state index in [2.05, 4.69) is 4.73 Å². The fraction of sp³-hybridized carbons (Fsp3) is 0. The van der Waals surface area contributed by atoms with Crippen LogP contribution in [0.5, 0.6) is 0 Å². The Labute approximate surface area is 168 Å². The molecule has 0 heterocycles. The van der Waals surface area contributed by atoms with Crippen LogP contribution < -0.4 is 0 Å². The second-order valence-corrected chi connectivity index (χ2v) is 1.68. The Balaban J connectivity index is -0.00000000347. The third kappa shape index (κ3) is 24.5. The molecule has 0 radical (unpaired) electrons. The van der Waals surface area contributed by atoms with E-state index in [4.69, 9.17) is 14.4 Å². The summed E-state index contributed by atoms with van der Waals surface area (Å²) in [4.78, 5) is 14.7. The first-order valence-electron chi connectivity index (χ1n) is 0.919. The molecule has 0 aliphatic carbocycles. The molecule has 0 aromatic heterocycles. The molecule has 0 saturated carbocycles. The van der Waals surface area contributed by atoms with Crippen LogP contribution >= 0.6 is 7.82 Å². The van der Waals surface area contributed by atoms with Crippen LogP contribution in [0, 0.1) is 0 Å². The van der Waals surface area contributed by atoms with Gasteiger partial charge in [-0.05, 0) is 4.53 Å². The molecule has 0 spiro atoms. The molecule has 9 heteroatoms. The Bertz CT molecular complexity index is 99.2. The monoisotopic (exact) mass is 388 g/mol. The molecule has 4 nitrogen and oxygen atoms in total. The zero-order valence-corrected chi connectivity index (χ0v) is 15.7. The first-order valence-corrected chi connectivity index (χ1v) is 2.45. The molecule has 0 bridgehead atoms. The van der Waals surface area contributed by atoms with Crippen LogP contribution in [0.25, 0.3) is 0 Å². The SMILES string of the molecule is O=P(O)(O)OF.[Ba+2].[Ca+2].[H-].[H-].[H-].[H-].[H-].[H-].[Sr+2]. The molecule has 0 aliphatic rings. The van der Waals surface area contributed by atoms with Crippen molar-refractivity contribution in [2.24, 2.45) is 0 Å². The van der Waals surface area contributed by atoms with Crippen molar-refractivity contribution < 1.29 is 32.2 Å². The average Bonchev–Trinajstić information content (AvgIpc) is 1.35. The van der Waals surface area contributed by atoms with Crippen LogP contribution in [0.15, 0.2) is 0 Å². The summed E-state index contributed by atoms with van der Waals surface area (Å²) in [5, 5.41) is 0. The van der Waals surface area contributed by atoms with Gasteiger partial charge in [0.25, 0.3) is 0 Å². The van der Waals surface area contributed by atoms with Crippen molar-refractivity contribution in [1.82, 2.24) is 0 Å². The minimum atomic E-state index is -4.81. The van der Waals surface area contributed by atoms with E-state index in [1.807, 2.05) is 0 Å². The molecular weight excluding hydrogens is 379 g/mol. The predicted octanol–water partition coefficient (Wildman–Crippen LogP) is -0.487. The van der Waals surface area contributed by atoms with Gasteiger partial charge in [-0.2, -0.15) is 0 Å². The molecule has 0 aromatic rings. The van der Waals surface area contributed by atoms with E-state index in [-0.39, 0.29) is 141 Å². The Kier molecular flexibility index (Phi) is 32.0. The van der Waals surface area contributed by atoms with Gasteiger partial charge < -0.3 is 18.3 Å². The second kappa shape index (κ2) is 12.4. The maximum Gasteiger partial charge on any atom is 2.00 e. The van der Waals surface area contributed by atoms with Gasteiger partial charge in [-0.25, -0.2) is 4.57 Å². The molecular formula is H8BaCaFO4PSr. The first kappa shape index (κ1) is 23.3. The minimum Gasteiger partial charge on any atom is -1.00 e. The number of hydrogen-bond donors (Lipinski definition) is 2. The van der Waals surface area contributed by atoms with Gasteiger partial charge in [-0.3, -0.25) is 0 Å². The van der Waals surface area contributed by atoms with Gasteiger partial charge in [-0.1, -0.05) is 4.73 Å². The van der Waals surface area contributed by atoms with Crippen LogP contribution in [0.2, 0.25) is 0 Å². The normalized spacial score (nSPS) is 7.89. The molecule has 0 unspecified atom stereocenters. The van der Waals surface area contributed by atoms with E-state index in [9.17, 15) is 4.53 Å². The predicted molar refractivity (Wildman–Crippen MR) is 38.2 cm³/mol. The van der Waals surface area contributed by atoms with E-state index in [0.717, 1.165) is 0 Å². The van der Waals surface area contributed by atoms with E-state index in [1.165, 1.54) is 0 Å². The van der Waals surface area contributed by atoms with Crippen LogP contribution in [0.4, 0.5) is 4.53 Å². The summed E-state index contributed by atoms with van der Waals surface area (Å²) in [5.74, 6) is 0. The molecule has 0 aromatic carbocycles. The summed E-state index contributed by atoms with van der Waals surface area (Å²) in [7, 11) is -4.81. The van der Waals surface area contributed by atoms with Gasteiger partial charge in [-0.15, -0.1) is 0 Å². The number of hydrogen-bond acceptors (Lipinski definition) is 2. The zero-order chi connectivity index (χ0) is 5.21. The van der Waals surface area contributed by atoms with Crippen molar-refractivity contribution in [2.75, 3.05) is 0 Å². The molecule has 0 fully saturated rings. The van der Waals surface area contributed by atoms with Gasteiger partial charge in [0.15, 0.2) is 0 Å². The topological polar surface area (TPSA) is 66.8 Å². The van der Waals surface area contributed by atoms with Crippen LogP contribution in [-0.4, -0.2) is 142 Å². The molecule has 50 valence electrons. The van der Waals surface area contributed by atoms with Crippen molar-refractivity contribution >= 4 is 140 Å². The van der Waals surface area contributed by atoms with E-state index >= 15 is 0 Å². The van der Waals surface area contributed by atoms with Crippen molar-refractivity contribution in [3.05, 3.63) is 0 Å². The quantitative estimate of drug-likeness (QED) is 0.471. The standard InChI is InChI=1S/Ba.Ca.FH2O4P.Sr.6H/c;;1-5-6(2,3)4;;;;;;;/h;;(H2,2,3,4);;;;;;;/q2*+2;;+2;6*-1. The zero-order valence-electron chi connectivity index (χ0n) is 10.7. The Hall–Kier alpha value is 4.35. The first-order chi connectivity index (χ1) is 2.56. The largest absolute Gasteiger partial charge is 2.00 e. The molecule has 0 atom stereocenters. The van der Waals surface area contributed by atoms with Crippen molar-refractivity contribution in [2.45, 2.75) is 0 Å². The van der Waals surface area contributed by atoms with Crippen LogP contribution in [0.3, 0.4) is 0 Å². The Morgan fingerprint density at radius 2 is 1.67 bits per heavy atom. The van der Waals surface area contributed by atoms with E-state index in [1.54, 1.807) is 0 Å². The molecule has 9 heavy (non-hydrogen) atoms. The van der Waals surface area contributed by atoms with Crippen LogP contribution in [0.1, 0.15) is 8.56 Å². The average molecular weight is 387 g/mol. The smallest absolute Gasteiger partial charge is 1.00 e. The van der Waals surface area contributed by atoms with Gasteiger partial charge in [0, 0.05) is 0 Å². The second-order valence-electron chi connectivity index (χ2n) is 0.560. The van der Waals surface area contributed by atoms with Crippen molar-refractivity contribution in [1.29, 1.82) is 0 Å². The van der Waals surface area contributed by atoms with Crippen LogP contribution in [-0.2, 0) is 9.29 Å². The molecule has 0 rings (SSSR count). The Morgan fingerprint density at radius 3 is 1.67 bits per heavy atom. The van der Waals surface area contributed by atoms with Crippen molar-refractivity contribution in [3.63, 3.8) is 0 Å². The summed E-state index contributed by atoms with van der Waals surface area (Å²) in [6.45, 7) is 0. The van der Waals surface area contributed by atoms with Gasteiger partial charge in [0.1, 0.15) is 0 Å². The molecule has 0 aliphatic heterocycles. The van der Waals surface area contributed by atoms with Gasteiger partial charge in [0.2, 0.25) is 0 Å².